The van der Waals surface area contributed by atoms with Crippen molar-refractivity contribution in [3.63, 3.8) is 0 Å². The van der Waals surface area contributed by atoms with Gasteiger partial charge in [-0.2, -0.15) is 0 Å². The first kappa shape index (κ1) is 9.87. The maximum absolute atomic E-state index is 9.97. The van der Waals surface area contributed by atoms with E-state index in [0.717, 1.165) is 6.54 Å². The van der Waals surface area contributed by atoms with Crippen LogP contribution >= 0.6 is 0 Å². The van der Waals surface area contributed by atoms with E-state index in [4.69, 9.17) is 4.74 Å². The third kappa shape index (κ3) is 7.87. The van der Waals surface area contributed by atoms with Gasteiger partial charge in [0.25, 0.3) is 0 Å². The van der Waals surface area contributed by atoms with Crippen LogP contribution in [-0.4, -0.2) is 41.0 Å². The fourth-order valence-corrected chi connectivity index (χ4v) is 0.694. The molecule has 0 aliphatic heterocycles. The number of rotatable bonds is 6. The van der Waals surface area contributed by atoms with Crippen LogP contribution in [-0.2, 0) is 15.4 Å². The predicted molar refractivity (Wildman–Crippen MR) is 39.9 cm³/mol. The van der Waals surface area contributed by atoms with Gasteiger partial charge in [-0.3, -0.25) is 0 Å². The second-order valence-corrected chi connectivity index (χ2v) is 2.88. The molecule has 0 saturated heterocycles. The zero-order valence-electron chi connectivity index (χ0n) is 6.00. The van der Waals surface area contributed by atoms with E-state index in [1.807, 2.05) is 7.05 Å². The van der Waals surface area contributed by atoms with Crippen LogP contribution in [0.3, 0.4) is 0 Å². The predicted octanol–water partition coefficient (Wildman–Crippen LogP) is -1.17. The quantitative estimate of drug-likeness (QED) is 0.387. The van der Waals surface area contributed by atoms with Crippen molar-refractivity contribution in [2.45, 2.75) is 0 Å². The molecule has 0 aromatic rings. The van der Waals surface area contributed by atoms with Crippen molar-refractivity contribution in [1.82, 2.24) is 5.32 Å². The molecule has 0 aliphatic carbocycles. The fourth-order valence-electron chi connectivity index (χ4n) is 0.415. The summed E-state index contributed by atoms with van der Waals surface area (Å²) in [4.78, 5) is 0. The SMILES string of the molecule is CNCCOCC[SH](=O)=O. The van der Waals surface area contributed by atoms with E-state index in [0.29, 0.717) is 13.2 Å². The number of likely N-dealkylation sites (N-methyl/N-ethyl adjacent to an activating group) is 1. The zero-order valence-corrected chi connectivity index (χ0v) is 6.89. The molecule has 0 amide bonds. The van der Waals surface area contributed by atoms with Gasteiger partial charge in [0.05, 0.1) is 19.0 Å². The number of hydrogen-bond donors (Lipinski definition) is 2. The molecule has 0 aliphatic rings. The van der Waals surface area contributed by atoms with E-state index in [9.17, 15) is 8.42 Å². The molecule has 10 heavy (non-hydrogen) atoms. The van der Waals surface area contributed by atoms with Crippen LogP contribution in [0.5, 0.6) is 0 Å². The Balaban J connectivity index is 2.91. The monoisotopic (exact) mass is 167 g/mol. The molecule has 4 nitrogen and oxygen atoms in total. The Hall–Kier alpha value is -0.130. The van der Waals surface area contributed by atoms with E-state index in [1.54, 1.807) is 0 Å². The summed E-state index contributed by atoms with van der Waals surface area (Å²) in [6.45, 7) is 1.63. The fraction of sp³-hybridized carbons (Fsp3) is 1.00. The highest BCUT2D eigenvalue weighted by molar-refractivity contribution is 7.72. The Labute approximate surface area is 62.5 Å². The summed E-state index contributed by atoms with van der Waals surface area (Å²) in [6, 6.07) is 0. The molecule has 1 N–H and O–H groups in total. The maximum Gasteiger partial charge on any atom is 0.142 e. The number of ether oxygens (including phenoxy) is 1. The van der Waals surface area contributed by atoms with Gasteiger partial charge in [0.15, 0.2) is 0 Å². The summed E-state index contributed by atoms with van der Waals surface area (Å²) in [6.07, 6.45) is 0. The lowest BCUT2D eigenvalue weighted by Gasteiger charge is -1.98. The van der Waals surface area contributed by atoms with Crippen molar-refractivity contribution in [3.8, 4) is 0 Å². The Morgan fingerprint density at radius 1 is 1.40 bits per heavy atom. The molecular formula is C5H13NO3S. The standard InChI is InChI=1S/C5H13NO3S/c1-6-2-3-9-4-5-10(7)8/h6,10H,2-5H2,1H3. The van der Waals surface area contributed by atoms with Crippen molar-refractivity contribution in [2.75, 3.05) is 32.6 Å². The highest BCUT2D eigenvalue weighted by Crippen LogP contribution is 1.73. The lowest BCUT2D eigenvalue weighted by atomic mass is 10.7. The first-order valence-electron chi connectivity index (χ1n) is 3.11. The summed E-state index contributed by atoms with van der Waals surface area (Å²) >= 11 is 0. The van der Waals surface area contributed by atoms with Crippen LogP contribution in [0, 0.1) is 0 Å². The lowest BCUT2D eigenvalue weighted by Crippen LogP contribution is -2.15. The van der Waals surface area contributed by atoms with E-state index < -0.39 is 10.7 Å². The Kier molecular flexibility index (Phi) is 6.89. The lowest BCUT2D eigenvalue weighted by molar-refractivity contribution is 0.152. The molecule has 62 valence electrons. The molecule has 0 fully saturated rings. The van der Waals surface area contributed by atoms with Gasteiger partial charge in [-0.15, -0.1) is 0 Å². The van der Waals surface area contributed by atoms with E-state index in [1.165, 1.54) is 0 Å². The molecular weight excluding hydrogens is 154 g/mol. The van der Waals surface area contributed by atoms with E-state index in [-0.39, 0.29) is 5.75 Å². The molecule has 0 aromatic carbocycles. The number of hydrogen-bond acceptors (Lipinski definition) is 4. The summed E-state index contributed by atoms with van der Waals surface area (Å²) in [5.41, 5.74) is 0. The molecule has 0 spiro atoms. The highest BCUT2D eigenvalue weighted by Gasteiger charge is 1.87. The highest BCUT2D eigenvalue weighted by atomic mass is 32.2. The average molecular weight is 167 g/mol. The molecule has 0 heterocycles. The van der Waals surface area contributed by atoms with Gasteiger partial charge in [0.1, 0.15) is 10.7 Å². The normalized spacial score (nSPS) is 10.6. The van der Waals surface area contributed by atoms with Crippen LogP contribution in [0.1, 0.15) is 0 Å². The van der Waals surface area contributed by atoms with Crippen molar-refractivity contribution in [1.29, 1.82) is 0 Å². The minimum absolute atomic E-state index is 0.124. The molecule has 0 unspecified atom stereocenters. The molecule has 0 saturated carbocycles. The average Bonchev–Trinajstić information content (AvgIpc) is 1.87. The molecule has 0 rings (SSSR count). The Morgan fingerprint density at radius 3 is 2.60 bits per heavy atom. The summed E-state index contributed by atoms with van der Waals surface area (Å²) in [5, 5.41) is 2.88. The van der Waals surface area contributed by atoms with Gasteiger partial charge in [-0.1, -0.05) is 0 Å². The number of thiol groups is 1. The zero-order chi connectivity index (χ0) is 7.82. The minimum atomic E-state index is -2.27. The molecule has 0 aromatic heterocycles. The molecule has 0 atom stereocenters. The van der Waals surface area contributed by atoms with Crippen LogP contribution < -0.4 is 5.32 Å². The number of nitrogens with one attached hydrogen (secondary N) is 1. The summed E-state index contributed by atoms with van der Waals surface area (Å²) in [7, 11) is -0.450. The second-order valence-electron chi connectivity index (χ2n) is 1.77. The van der Waals surface area contributed by atoms with Gasteiger partial charge in [-0.05, 0) is 7.05 Å². The third-order valence-corrected chi connectivity index (χ3v) is 1.46. The van der Waals surface area contributed by atoms with Crippen LogP contribution in [0.25, 0.3) is 0 Å². The van der Waals surface area contributed by atoms with Crippen LogP contribution in [0.2, 0.25) is 0 Å². The summed E-state index contributed by atoms with van der Waals surface area (Å²) in [5.74, 6) is 0.124. The first-order valence-corrected chi connectivity index (χ1v) is 4.48. The minimum Gasteiger partial charge on any atom is -0.379 e. The van der Waals surface area contributed by atoms with Gasteiger partial charge in [-0.25, -0.2) is 8.42 Å². The van der Waals surface area contributed by atoms with Crippen molar-refractivity contribution in [2.24, 2.45) is 0 Å². The molecule has 0 radical (unpaired) electrons. The van der Waals surface area contributed by atoms with Crippen LogP contribution in [0.4, 0.5) is 0 Å². The van der Waals surface area contributed by atoms with Crippen molar-refractivity contribution >= 4 is 10.7 Å². The van der Waals surface area contributed by atoms with Gasteiger partial charge < -0.3 is 10.1 Å². The van der Waals surface area contributed by atoms with Gasteiger partial charge >= 0.3 is 0 Å². The van der Waals surface area contributed by atoms with Gasteiger partial charge in [0.2, 0.25) is 0 Å². The van der Waals surface area contributed by atoms with Crippen molar-refractivity contribution in [3.05, 3.63) is 0 Å². The van der Waals surface area contributed by atoms with Crippen LogP contribution in [0.15, 0.2) is 0 Å². The van der Waals surface area contributed by atoms with Crippen molar-refractivity contribution < 1.29 is 13.2 Å². The van der Waals surface area contributed by atoms with Gasteiger partial charge in [0, 0.05) is 6.54 Å². The topological polar surface area (TPSA) is 55.4 Å². The first-order chi connectivity index (χ1) is 4.77. The maximum atomic E-state index is 9.97. The largest absolute Gasteiger partial charge is 0.379 e. The molecule has 5 heteroatoms. The molecule has 0 bridgehead atoms. The van der Waals surface area contributed by atoms with E-state index in [2.05, 4.69) is 5.32 Å². The second kappa shape index (κ2) is 6.98. The summed E-state index contributed by atoms with van der Waals surface area (Å²) < 4.78 is 24.9. The third-order valence-electron chi connectivity index (χ3n) is 0.915. The van der Waals surface area contributed by atoms with E-state index >= 15 is 0 Å². The smallest absolute Gasteiger partial charge is 0.142 e. The Bertz CT molecular complexity index is 127. The Morgan fingerprint density at radius 2 is 2.10 bits per heavy atom.